The highest BCUT2D eigenvalue weighted by Crippen LogP contribution is 2.39. The van der Waals surface area contributed by atoms with E-state index in [0.717, 1.165) is 47.8 Å². The largest absolute Gasteiger partial charge is 0.317 e. The third kappa shape index (κ3) is 3.44. The van der Waals surface area contributed by atoms with Crippen molar-refractivity contribution in [1.82, 2.24) is 10.6 Å². The van der Waals surface area contributed by atoms with Crippen LogP contribution in [-0.2, 0) is 5.54 Å². The number of likely N-dealkylation sites (N-methyl/N-ethyl adjacent to an activating group) is 1. The number of benzene rings is 4. The minimum Gasteiger partial charge on any atom is -0.317 e. The first-order chi connectivity index (χ1) is 15.2. The highest BCUT2D eigenvalue weighted by Gasteiger charge is 2.46. The average Bonchev–Trinajstić information content (AvgIpc) is 2.85. The van der Waals surface area contributed by atoms with Crippen LogP contribution in [0.3, 0.4) is 0 Å². The van der Waals surface area contributed by atoms with Crippen molar-refractivity contribution in [1.29, 1.82) is 0 Å². The number of ketones is 1. The Balaban J connectivity index is 1.68. The summed E-state index contributed by atoms with van der Waals surface area (Å²) in [5.74, 6) is 0.377. The van der Waals surface area contributed by atoms with Crippen LogP contribution in [0.5, 0.6) is 0 Å². The van der Waals surface area contributed by atoms with Crippen molar-refractivity contribution in [3.05, 3.63) is 96.1 Å². The second-order valence-corrected chi connectivity index (χ2v) is 8.54. The Labute approximate surface area is 183 Å². The molecule has 4 aromatic carbocycles. The van der Waals surface area contributed by atoms with E-state index in [1.807, 2.05) is 31.3 Å². The first-order valence-electron chi connectivity index (χ1n) is 11.1. The van der Waals surface area contributed by atoms with E-state index in [2.05, 4.69) is 71.3 Å². The molecule has 2 N–H and O–H groups in total. The van der Waals surface area contributed by atoms with Crippen molar-refractivity contribution in [3.63, 3.8) is 0 Å². The molecule has 1 atom stereocenters. The van der Waals surface area contributed by atoms with Gasteiger partial charge in [0.05, 0.1) is 0 Å². The number of Topliss-reactive ketones (excluding diaryl/α,β-unsaturated/α-hetero) is 1. The van der Waals surface area contributed by atoms with Crippen LogP contribution >= 0.6 is 0 Å². The summed E-state index contributed by atoms with van der Waals surface area (Å²) in [4.78, 5) is 14.3. The van der Waals surface area contributed by atoms with Gasteiger partial charge < -0.3 is 10.6 Å². The van der Waals surface area contributed by atoms with E-state index in [4.69, 9.17) is 0 Å². The maximum atomic E-state index is 14.3. The third-order valence-corrected chi connectivity index (χ3v) is 6.92. The van der Waals surface area contributed by atoms with Crippen LogP contribution in [0.4, 0.5) is 0 Å². The van der Waals surface area contributed by atoms with Gasteiger partial charge in [-0.2, -0.15) is 0 Å². The molecule has 1 fully saturated rings. The monoisotopic (exact) mass is 408 g/mol. The van der Waals surface area contributed by atoms with Gasteiger partial charge in [-0.25, -0.2) is 0 Å². The predicted molar refractivity (Wildman–Crippen MR) is 129 cm³/mol. The van der Waals surface area contributed by atoms with Crippen LogP contribution in [-0.4, -0.2) is 25.9 Å². The fraction of sp³-hybridized carbons (Fsp3) is 0.250. The molecule has 0 bridgehead atoms. The van der Waals surface area contributed by atoms with E-state index >= 15 is 0 Å². The molecule has 156 valence electrons. The van der Waals surface area contributed by atoms with Gasteiger partial charge in [-0.1, -0.05) is 72.8 Å². The molecule has 1 aliphatic heterocycles. The van der Waals surface area contributed by atoms with Crippen molar-refractivity contribution in [2.45, 2.75) is 18.4 Å². The Morgan fingerprint density at radius 3 is 2.03 bits per heavy atom. The van der Waals surface area contributed by atoms with Crippen LogP contribution in [0.15, 0.2) is 84.9 Å². The van der Waals surface area contributed by atoms with Gasteiger partial charge in [-0.05, 0) is 78.1 Å². The van der Waals surface area contributed by atoms with E-state index in [-0.39, 0.29) is 11.7 Å². The van der Waals surface area contributed by atoms with Crippen molar-refractivity contribution in [3.8, 4) is 0 Å². The third-order valence-electron chi connectivity index (χ3n) is 6.92. The highest BCUT2D eigenvalue weighted by molar-refractivity contribution is 6.06. The minimum atomic E-state index is -0.755. The molecule has 0 saturated carbocycles. The topological polar surface area (TPSA) is 41.1 Å². The van der Waals surface area contributed by atoms with E-state index in [1.165, 1.54) is 10.8 Å². The molecule has 0 amide bonds. The molecule has 1 heterocycles. The standard InChI is InChI=1S/C28H28N2O/c1-29-28(25-14-16-30-17-15-25,26-13-12-21-7-3-5-9-23(21)19-26)27(31)24-11-10-20-6-2-4-8-22(20)18-24/h2-13,18-19,25,29-30H,14-17H2,1H3. The minimum absolute atomic E-state index is 0.155. The summed E-state index contributed by atoms with van der Waals surface area (Å²) >= 11 is 0. The second-order valence-electron chi connectivity index (χ2n) is 8.54. The van der Waals surface area contributed by atoms with Gasteiger partial charge in [0, 0.05) is 5.56 Å². The number of rotatable bonds is 5. The van der Waals surface area contributed by atoms with Crippen molar-refractivity contribution in [2.75, 3.05) is 20.1 Å². The average molecular weight is 409 g/mol. The summed E-state index contributed by atoms with van der Waals surface area (Å²) in [7, 11) is 1.94. The van der Waals surface area contributed by atoms with Gasteiger partial charge in [0.15, 0.2) is 5.78 Å². The van der Waals surface area contributed by atoms with Gasteiger partial charge in [0.25, 0.3) is 0 Å². The Kier molecular flexibility index (Phi) is 5.31. The van der Waals surface area contributed by atoms with Crippen LogP contribution < -0.4 is 10.6 Å². The smallest absolute Gasteiger partial charge is 0.187 e. The van der Waals surface area contributed by atoms with Gasteiger partial charge in [0.2, 0.25) is 0 Å². The van der Waals surface area contributed by atoms with E-state index in [0.29, 0.717) is 0 Å². The van der Waals surface area contributed by atoms with Crippen LogP contribution in [0.25, 0.3) is 21.5 Å². The zero-order valence-electron chi connectivity index (χ0n) is 17.9. The quantitative estimate of drug-likeness (QED) is 0.441. The fourth-order valence-corrected chi connectivity index (χ4v) is 5.26. The molecule has 3 heteroatoms. The van der Waals surface area contributed by atoms with Gasteiger partial charge in [-0.15, -0.1) is 0 Å². The molecule has 0 spiro atoms. The molecular weight excluding hydrogens is 380 g/mol. The Morgan fingerprint density at radius 2 is 1.39 bits per heavy atom. The summed E-state index contributed by atoms with van der Waals surface area (Å²) in [6, 6.07) is 29.2. The number of carbonyl (C=O) groups excluding carboxylic acids is 1. The Hall–Kier alpha value is -3.01. The molecule has 31 heavy (non-hydrogen) atoms. The molecule has 0 aliphatic carbocycles. The number of nitrogens with one attached hydrogen (secondary N) is 2. The molecule has 0 aromatic heterocycles. The fourth-order valence-electron chi connectivity index (χ4n) is 5.26. The zero-order chi connectivity index (χ0) is 21.3. The lowest BCUT2D eigenvalue weighted by Gasteiger charge is -2.42. The molecule has 5 rings (SSSR count). The van der Waals surface area contributed by atoms with Crippen LogP contribution in [0.1, 0.15) is 28.8 Å². The van der Waals surface area contributed by atoms with Gasteiger partial charge in [-0.3, -0.25) is 4.79 Å². The van der Waals surface area contributed by atoms with Gasteiger partial charge >= 0.3 is 0 Å². The summed E-state index contributed by atoms with van der Waals surface area (Å²) in [5, 5.41) is 11.6. The molecule has 1 aliphatic rings. The lowest BCUT2D eigenvalue weighted by atomic mass is 9.69. The summed E-state index contributed by atoms with van der Waals surface area (Å²) in [6.45, 7) is 1.87. The highest BCUT2D eigenvalue weighted by atomic mass is 16.1. The summed E-state index contributed by atoms with van der Waals surface area (Å²) in [6.07, 6.45) is 1.93. The number of carbonyl (C=O) groups is 1. The molecule has 0 radical (unpaired) electrons. The molecular formula is C28H28N2O. The van der Waals surface area contributed by atoms with Crippen molar-refractivity contribution in [2.24, 2.45) is 5.92 Å². The first kappa shape index (κ1) is 19.9. The first-order valence-corrected chi connectivity index (χ1v) is 11.1. The lowest BCUT2D eigenvalue weighted by Crippen LogP contribution is -2.55. The van der Waals surface area contributed by atoms with E-state index in [9.17, 15) is 4.79 Å². The second kappa shape index (κ2) is 8.26. The van der Waals surface area contributed by atoms with Crippen LogP contribution in [0.2, 0.25) is 0 Å². The molecule has 1 unspecified atom stereocenters. The zero-order valence-corrected chi connectivity index (χ0v) is 17.9. The van der Waals surface area contributed by atoms with Crippen molar-refractivity contribution >= 4 is 27.3 Å². The number of hydrogen-bond acceptors (Lipinski definition) is 3. The number of fused-ring (bicyclic) bond motifs is 2. The van der Waals surface area contributed by atoms with Crippen LogP contribution in [0, 0.1) is 5.92 Å². The summed E-state index contributed by atoms with van der Waals surface area (Å²) < 4.78 is 0. The maximum absolute atomic E-state index is 14.3. The summed E-state index contributed by atoms with van der Waals surface area (Å²) in [5.41, 5.74) is 1.06. The Bertz CT molecular complexity index is 1240. The predicted octanol–water partition coefficient (Wildman–Crippen LogP) is 5.29. The molecule has 3 nitrogen and oxygen atoms in total. The van der Waals surface area contributed by atoms with E-state index < -0.39 is 5.54 Å². The lowest BCUT2D eigenvalue weighted by molar-refractivity contribution is 0.0734. The molecule has 4 aromatic rings. The normalized spacial score (nSPS) is 16.9. The van der Waals surface area contributed by atoms with Gasteiger partial charge in [0.1, 0.15) is 5.54 Å². The maximum Gasteiger partial charge on any atom is 0.187 e. The number of hydrogen-bond donors (Lipinski definition) is 2. The van der Waals surface area contributed by atoms with Crippen molar-refractivity contribution < 1.29 is 4.79 Å². The molecule has 1 saturated heterocycles. The SMILES string of the molecule is CNC(C(=O)c1ccc2ccccc2c1)(c1ccc2ccccc2c1)C1CCNCC1. The number of piperidine rings is 1. The van der Waals surface area contributed by atoms with E-state index in [1.54, 1.807) is 0 Å². The Morgan fingerprint density at radius 1 is 0.806 bits per heavy atom.